The van der Waals surface area contributed by atoms with E-state index >= 15 is 0 Å². The second-order valence-corrected chi connectivity index (χ2v) is 9.69. The average molecular weight is 466 g/mol. The molecule has 2 aromatic carbocycles. The van der Waals surface area contributed by atoms with Gasteiger partial charge in [-0.3, -0.25) is 14.4 Å². The van der Waals surface area contributed by atoms with Gasteiger partial charge in [0.25, 0.3) is 15.9 Å². The Morgan fingerprint density at radius 2 is 1.87 bits per heavy atom. The van der Waals surface area contributed by atoms with E-state index in [1.807, 2.05) is 26.0 Å². The number of carbonyl (C=O) groups excluding carboxylic acids is 1. The van der Waals surface area contributed by atoms with E-state index in [-0.39, 0.29) is 21.4 Å². The van der Waals surface area contributed by atoms with Crippen molar-refractivity contribution in [1.29, 1.82) is 0 Å². The molecule has 0 aliphatic carbocycles. The Morgan fingerprint density at radius 1 is 1.13 bits per heavy atom. The minimum absolute atomic E-state index is 0.0571. The number of amides is 1. The molecule has 1 amide bonds. The molecule has 0 unspecified atom stereocenters. The number of hydrogen-bond acceptors (Lipinski definition) is 5. The summed E-state index contributed by atoms with van der Waals surface area (Å²) in [6.45, 7) is 8.37. The van der Waals surface area contributed by atoms with Crippen LogP contribution in [0.1, 0.15) is 27.9 Å². The summed E-state index contributed by atoms with van der Waals surface area (Å²) in [5.74, 6) is -0.332. The van der Waals surface area contributed by atoms with Crippen LogP contribution in [0.5, 0.6) is 0 Å². The first-order valence-electron chi connectivity index (χ1n) is 10.2. The molecule has 1 aliphatic heterocycles. The molecule has 0 aromatic heterocycles. The average Bonchev–Trinajstić information content (AvgIpc) is 2.74. The largest absolute Gasteiger partial charge is 0.379 e. The fourth-order valence-electron chi connectivity index (χ4n) is 3.33. The van der Waals surface area contributed by atoms with E-state index in [9.17, 15) is 13.2 Å². The highest BCUT2D eigenvalue weighted by Gasteiger charge is 2.21. The maximum atomic E-state index is 13.0. The van der Waals surface area contributed by atoms with E-state index in [4.69, 9.17) is 16.3 Å². The Morgan fingerprint density at radius 3 is 2.61 bits per heavy atom. The number of nitrogens with zero attached hydrogens (tertiary/aromatic N) is 1. The van der Waals surface area contributed by atoms with Crippen molar-refractivity contribution in [2.24, 2.45) is 0 Å². The summed E-state index contributed by atoms with van der Waals surface area (Å²) in [5, 5.41) is 2.90. The van der Waals surface area contributed by atoms with Crippen molar-refractivity contribution in [3.05, 3.63) is 58.1 Å². The molecular weight excluding hydrogens is 438 g/mol. The lowest BCUT2D eigenvalue weighted by Gasteiger charge is -2.26. The van der Waals surface area contributed by atoms with Gasteiger partial charge in [-0.05, 0) is 62.2 Å². The Bertz CT molecular complexity index is 1040. The molecule has 7 nitrogen and oxygen atoms in total. The van der Waals surface area contributed by atoms with Crippen molar-refractivity contribution in [1.82, 2.24) is 10.2 Å². The summed E-state index contributed by atoms with van der Waals surface area (Å²) in [7, 11) is -3.96. The van der Waals surface area contributed by atoms with Crippen molar-refractivity contribution >= 4 is 33.2 Å². The van der Waals surface area contributed by atoms with Crippen LogP contribution in [0.15, 0.2) is 41.3 Å². The van der Waals surface area contributed by atoms with E-state index in [0.29, 0.717) is 12.2 Å². The lowest BCUT2D eigenvalue weighted by Crippen LogP contribution is -2.38. The minimum atomic E-state index is -3.96. The van der Waals surface area contributed by atoms with Gasteiger partial charge in [-0.25, -0.2) is 8.42 Å². The minimum Gasteiger partial charge on any atom is -0.379 e. The third-order valence-electron chi connectivity index (χ3n) is 5.16. The van der Waals surface area contributed by atoms with E-state index in [1.54, 1.807) is 6.07 Å². The number of benzene rings is 2. The molecule has 1 heterocycles. The molecule has 0 radical (unpaired) electrons. The van der Waals surface area contributed by atoms with Crippen LogP contribution in [0.2, 0.25) is 5.02 Å². The molecule has 0 bridgehead atoms. The van der Waals surface area contributed by atoms with Crippen LogP contribution in [0.4, 0.5) is 5.69 Å². The molecule has 2 N–H and O–H groups in total. The number of ether oxygens (including phenoxy) is 1. The predicted molar refractivity (Wildman–Crippen MR) is 122 cm³/mol. The van der Waals surface area contributed by atoms with Crippen LogP contribution >= 0.6 is 11.6 Å². The van der Waals surface area contributed by atoms with Crippen molar-refractivity contribution in [2.45, 2.75) is 25.2 Å². The SMILES string of the molecule is Cc1ccc(C)c(NS(=O)(=O)c2cc(C(=O)NCCCN3CCOCC3)ccc2Cl)c1. The lowest BCUT2D eigenvalue weighted by atomic mass is 10.1. The quantitative estimate of drug-likeness (QED) is 0.584. The second kappa shape index (κ2) is 10.5. The van der Waals surface area contributed by atoms with E-state index in [2.05, 4.69) is 14.9 Å². The third kappa shape index (κ3) is 6.43. The summed E-state index contributed by atoms with van der Waals surface area (Å²) in [6.07, 6.45) is 0.804. The summed E-state index contributed by atoms with van der Waals surface area (Å²) in [5.41, 5.74) is 2.45. The standard InChI is InChI=1S/C22H28ClN3O4S/c1-16-4-5-17(2)20(14-16)25-31(28,29)21-15-18(6-7-19(21)23)22(27)24-8-3-9-26-10-12-30-13-11-26/h4-7,14-15,25H,3,8-13H2,1-2H3,(H,24,27). The summed E-state index contributed by atoms with van der Waals surface area (Å²) in [4.78, 5) is 14.7. The van der Waals surface area contributed by atoms with E-state index < -0.39 is 10.0 Å². The zero-order valence-electron chi connectivity index (χ0n) is 17.8. The zero-order valence-corrected chi connectivity index (χ0v) is 19.4. The van der Waals surface area contributed by atoms with E-state index in [1.165, 1.54) is 18.2 Å². The molecule has 0 spiro atoms. The maximum absolute atomic E-state index is 13.0. The van der Waals surface area contributed by atoms with Gasteiger partial charge in [0.15, 0.2) is 0 Å². The molecule has 0 atom stereocenters. The fourth-order valence-corrected chi connectivity index (χ4v) is 4.98. The zero-order chi connectivity index (χ0) is 22.4. The highest BCUT2D eigenvalue weighted by atomic mass is 35.5. The molecule has 3 rings (SSSR count). The number of hydrogen-bond donors (Lipinski definition) is 2. The van der Waals surface area contributed by atoms with Crippen molar-refractivity contribution in [3.63, 3.8) is 0 Å². The van der Waals surface area contributed by atoms with Gasteiger partial charge in [-0.1, -0.05) is 23.7 Å². The first-order chi connectivity index (χ1) is 14.8. The number of nitrogens with one attached hydrogen (secondary N) is 2. The van der Waals surface area contributed by atoms with Gasteiger partial charge in [0.1, 0.15) is 4.90 Å². The van der Waals surface area contributed by atoms with Crippen molar-refractivity contribution in [3.8, 4) is 0 Å². The normalized spacial score (nSPS) is 14.9. The molecule has 168 valence electrons. The molecule has 1 aliphatic rings. The predicted octanol–water partition coefficient (Wildman–Crippen LogP) is 3.21. The monoisotopic (exact) mass is 465 g/mol. The van der Waals surface area contributed by atoms with Gasteiger partial charge < -0.3 is 10.1 Å². The number of sulfonamides is 1. The topological polar surface area (TPSA) is 87.7 Å². The van der Waals surface area contributed by atoms with Crippen LogP contribution in [-0.2, 0) is 14.8 Å². The fraction of sp³-hybridized carbons (Fsp3) is 0.409. The van der Waals surface area contributed by atoms with Gasteiger partial charge in [-0.2, -0.15) is 0 Å². The number of halogens is 1. The number of morpholine rings is 1. The van der Waals surface area contributed by atoms with Gasteiger partial charge in [0.2, 0.25) is 0 Å². The summed E-state index contributed by atoms with van der Waals surface area (Å²) >= 11 is 6.17. The lowest BCUT2D eigenvalue weighted by molar-refractivity contribution is 0.0374. The Kier molecular flexibility index (Phi) is 7.94. The van der Waals surface area contributed by atoms with Gasteiger partial charge in [0.05, 0.1) is 23.9 Å². The molecular formula is C22H28ClN3O4S. The van der Waals surface area contributed by atoms with Crippen LogP contribution in [0.25, 0.3) is 0 Å². The molecule has 0 saturated carbocycles. The van der Waals surface area contributed by atoms with E-state index in [0.717, 1.165) is 50.4 Å². The van der Waals surface area contributed by atoms with Gasteiger partial charge in [0, 0.05) is 25.2 Å². The Hall–Kier alpha value is -2.13. The first kappa shape index (κ1) is 23.5. The van der Waals surface area contributed by atoms with Crippen LogP contribution in [-0.4, -0.2) is 58.6 Å². The number of aryl methyl sites for hydroxylation is 2. The van der Waals surface area contributed by atoms with Crippen LogP contribution in [0, 0.1) is 13.8 Å². The van der Waals surface area contributed by atoms with Crippen molar-refractivity contribution in [2.75, 3.05) is 44.1 Å². The first-order valence-corrected chi connectivity index (χ1v) is 12.1. The third-order valence-corrected chi connectivity index (χ3v) is 7.01. The number of carbonyl (C=O) groups is 1. The summed E-state index contributed by atoms with van der Waals surface area (Å²) in [6, 6.07) is 9.77. The molecule has 31 heavy (non-hydrogen) atoms. The molecule has 2 aromatic rings. The highest BCUT2D eigenvalue weighted by Crippen LogP contribution is 2.26. The molecule has 9 heteroatoms. The molecule has 1 saturated heterocycles. The van der Waals surface area contributed by atoms with Gasteiger partial charge >= 0.3 is 0 Å². The van der Waals surface area contributed by atoms with Crippen LogP contribution in [0.3, 0.4) is 0 Å². The number of anilines is 1. The Labute approximate surface area is 188 Å². The van der Waals surface area contributed by atoms with Gasteiger partial charge in [-0.15, -0.1) is 0 Å². The number of rotatable bonds is 8. The smallest absolute Gasteiger partial charge is 0.263 e. The van der Waals surface area contributed by atoms with Crippen LogP contribution < -0.4 is 10.0 Å². The summed E-state index contributed by atoms with van der Waals surface area (Å²) < 4.78 is 33.8. The second-order valence-electron chi connectivity index (χ2n) is 7.63. The Balaban J connectivity index is 1.65. The van der Waals surface area contributed by atoms with Crippen molar-refractivity contribution < 1.29 is 17.9 Å². The molecule has 1 fully saturated rings. The highest BCUT2D eigenvalue weighted by molar-refractivity contribution is 7.92. The maximum Gasteiger partial charge on any atom is 0.263 e.